The Morgan fingerprint density at radius 2 is 1.44 bits per heavy atom. The molecule has 3 aromatic carbocycles. The molecule has 0 atom stereocenters. The number of fused-ring (bicyclic) bond motifs is 2. The smallest absolute Gasteiger partial charge is 0.330 e. The van der Waals surface area contributed by atoms with Crippen LogP contribution in [-0.4, -0.2) is 44.0 Å². The Morgan fingerprint density at radius 3 is 2.02 bits per heavy atom. The quantitative estimate of drug-likeness (QED) is 0.205. The molecule has 3 aromatic rings. The van der Waals surface area contributed by atoms with Crippen LogP contribution in [0, 0.1) is 0 Å². The highest BCUT2D eigenvalue weighted by Crippen LogP contribution is 2.39. The minimum Gasteiger partial charge on any atom is -0.330 e. The maximum Gasteiger partial charge on any atom is 0.471 e. The lowest BCUT2D eigenvalue weighted by Gasteiger charge is -2.31. The Morgan fingerprint density at radius 1 is 0.840 bits per heavy atom. The van der Waals surface area contributed by atoms with Crippen molar-refractivity contribution >= 4 is 27.7 Å². The molecular formula is C33H34F9N3O3S2. The molecule has 50 heavy (non-hydrogen) atoms. The predicted molar refractivity (Wildman–Crippen MR) is 170 cm³/mol. The van der Waals surface area contributed by atoms with Crippen molar-refractivity contribution in [2.75, 3.05) is 13.1 Å². The number of nitrogens with zero attached hydrogens (tertiary/aromatic N) is 1. The summed E-state index contributed by atoms with van der Waals surface area (Å²) in [7, 11) is -4.02. The van der Waals surface area contributed by atoms with Crippen molar-refractivity contribution in [3.05, 3.63) is 93.5 Å². The number of nitrogens with one attached hydrogen (secondary N) is 2. The van der Waals surface area contributed by atoms with Gasteiger partial charge in [-0.15, -0.1) is 11.8 Å². The molecule has 0 saturated carbocycles. The van der Waals surface area contributed by atoms with E-state index in [1.165, 1.54) is 11.8 Å². The summed E-state index contributed by atoms with van der Waals surface area (Å²) < 4.78 is 144. The third-order valence-electron chi connectivity index (χ3n) is 7.61. The molecule has 0 bridgehead atoms. The summed E-state index contributed by atoms with van der Waals surface area (Å²) in [5.74, 6) is -1.60. The van der Waals surface area contributed by atoms with Crippen molar-refractivity contribution in [1.29, 1.82) is 0 Å². The zero-order valence-corrected chi connectivity index (χ0v) is 28.7. The van der Waals surface area contributed by atoms with E-state index in [1.54, 1.807) is 20.8 Å². The fourth-order valence-corrected chi connectivity index (χ4v) is 8.37. The van der Waals surface area contributed by atoms with Crippen LogP contribution >= 0.6 is 11.8 Å². The first-order valence-electron chi connectivity index (χ1n) is 15.2. The van der Waals surface area contributed by atoms with E-state index in [1.807, 2.05) is 30.3 Å². The number of hydrogen-bond donors (Lipinski definition) is 2. The largest absolute Gasteiger partial charge is 0.471 e. The lowest BCUT2D eigenvalue weighted by molar-refractivity contribution is -0.186. The summed E-state index contributed by atoms with van der Waals surface area (Å²) in [6.45, 7) is 5.03. The van der Waals surface area contributed by atoms with E-state index >= 15 is 0 Å². The van der Waals surface area contributed by atoms with Crippen molar-refractivity contribution in [3.8, 4) is 0 Å². The van der Waals surface area contributed by atoms with E-state index in [4.69, 9.17) is 0 Å². The number of carbonyl (C=O) groups excluding carboxylic acids is 1. The fourth-order valence-electron chi connectivity index (χ4n) is 5.48. The van der Waals surface area contributed by atoms with Crippen LogP contribution < -0.4 is 10.0 Å². The van der Waals surface area contributed by atoms with Crippen LogP contribution in [0.25, 0.3) is 0 Å². The molecule has 0 radical (unpaired) electrons. The van der Waals surface area contributed by atoms with Gasteiger partial charge in [0, 0.05) is 35.8 Å². The average molecular weight is 756 g/mol. The average Bonchev–Trinajstić information content (AvgIpc) is 3.00. The highest BCUT2D eigenvalue weighted by Gasteiger charge is 2.44. The van der Waals surface area contributed by atoms with E-state index < -0.39 is 57.7 Å². The maximum atomic E-state index is 13.3. The number of halogens is 9. The molecule has 2 heterocycles. The number of alkyl halides is 9. The topological polar surface area (TPSA) is 78.5 Å². The van der Waals surface area contributed by atoms with Gasteiger partial charge in [0.2, 0.25) is 10.0 Å². The van der Waals surface area contributed by atoms with Gasteiger partial charge in [0.25, 0.3) is 0 Å². The fraction of sp³-hybridized carbons (Fsp3) is 0.424. The molecule has 0 saturated heterocycles. The number of sulfonamides is 1. The molecule has 274 valence electrons. The lowest BCUT2D eigenvalue weighted by Crippen LogP contribution is -2.43. The first-order valence-corrected chi connectivity index (χ1v) is 17.7. The summed E-state index contributed by atoms with van der Waals surface area (Å²) in [6, 6.07) is 12.8. The van der Waals surface area contributed by atoms with Crippen molar-refractivity contribution in [1.82, 2.24) is 14.9 Å². The van der Waals surface area contributed by atoms with Gasteiger partial charge >= 0.3 is 24.4 Å². The Labute approximate surface area is 287 Å². The van der Waals surface area contributed by atoms with Crippen molar-refractivity contribution in [3.63, 3.8) is 0 Å². The van der Waals surface area contributed by atoms with Crippen molar-refractivity contribution < 1.29 is 52.7 Å². The van der Waals surface area contributed by atoms with Crippen LogP contribution in [-0.2, 0) is 58.9 Å². The number of hydrogen-bond acceptors (Lipinski definition) is 5. The lowest BCUT2D eigenvalue weighted by atomic mass is 9.97. The van der Waals surface area contributed by atoms with Gasteiger partial charge in [-0.3, -0.25) is 4.79 Å². The normalized spacial score (nSPS) is 15.5. The zero-order valence-electron chi connectivity index (χ0n) is 27.0. The zero-order chi connectivity index (χ0) is 37.3. The van der Waals surface area contributed by atoms with Crippen LogP contribution in [0.3, 0.4) is 0 Å². The molecule has 0 aromatic heterocycles. The second kappa shape index (κ2) is 14.8. The molecule has 1 amide bonds. The monoisotopic (exact) mass is 755 g/mol. The molecule has 0 unspecified atom stereocenters. The molecule has 17 heteroatoms. The predicted octanol–water partition coefficient (Wildman–Crippen LogP) is 7.87. The van der Waals surface area contributed by atoms with Crippen molar-refractivity contribution in [2.24, 2.45) is 0 Å². The molecular weight excluding hydrogens is 721 g/mol. The summed E-state index contributed by atoms with van der Waals surface area (Å²) in [5.41, 5.74) is -0.198. The second-order valence-corrected chi connectivity index (χ2v) is 15.4. The maximum absolute atomic E-state index is 13.3. The summed E-state index contributed by atoms with van der Waals surface area (Å²) in [4.78, 5) is 12.1. The molecule has 6 nitrogen and oxygen atoms in total. The standard InChI is InChI=1S/C19H15F6NOS.C14H19F3N2O2S/c20-18(21,22)14-8-13-10-26(17(27)19(23,24)25)7-6-15(13)16(9-14)28-11-12-4-2-1-3-5-12;1-13(2,3)19-22(20,21)12-7-10(14(15,16)17)6-9-8-18-5-4-11(9)12/h1-5,8-9H,6-7,10-11H2;6-7,18-19H,4-5,8H2,1-3H3. The van der Waals surface area contributed by atoms with Gasteiger partial charge < -0.3 is 10.2 Å². The Kier molecular flexibility index (Phi) is 11.7. The van der Waals surface area contributed by atoms with Crippen LogP contribution in [0.15, 0.2) is 64.4 Å². The van der Waals surface area contributed by atoms with Crippen LogP contribution in [0.2, 0.25) is 0 Å². The minimum absolute atomic E-state index is 0.0758. The summed E-state index contributed by atoms with van der Waals surface area (Å²) >= 11 is 1.21. The number of thioether (sulfide) groups is 1. The van der Waals surface area contributed by atoms with Gasteiger partial charge in [-0.1, -0.05) is 30.3 Å². The highest BCUT2D eigenvalue weighted by atomic mass is 32.2. The minimum atomic E-state index is -5.05. The number of rotatable bonds is 5. The molecule has 2 aliphatic rings. The number of carbonyl (C=O) groups is 1. The molecule has 0 spiro atoms. The van der Waals surface area contributed by atoms with Gasteiger partial charge in [0.05, 0.1) is 16.0 Å². The van der Waals surface area contributed by atoms with E-state index in [-0.39, 0.29) is 30.0 Å². The summed E-state index contributed by atoms with van der Waals surface area (Å²) in [5, 5.41) is 2.96. The molecule has 0 aliphatic carbocycles. The van der Waals surface area contributed by atoms with Gasteiger partial charge in [0.1, 0.15) is 0 Å². The first kappa shape index (κ1) is 39.5. The van der Waals surface area contributed by atoms with E-state index in [0.717, 1.165) is 29.8 Å². The SMILES string of the molecule is CC(C)(C)NS(=O)(=O)c1cc(C(F)(F)F)cc2c1CCNC2.O=C(N1CCc2c(cc(C(F)(F)F)cc2SCc2ccccc2)C1)C(F)(F)F. The van der Waals surface area contributed by atoms with E-state index in [2.05, 4.69) is 10.0 Å². The first-order chi connectivity index (χ1) is 23.0. The van der Waals surface area contributed by atoms with Crippen LogP contribution in [0.5, 0.6) is 0 Å². The van der Waals surface area contributed by atoms with E-state index in [0.29, 0.717) is 45.2 Å². The van der Waals surface area contributed by atoms with E-state index in [9.17, 15) is 52.7 Å². The Hall–Kier alpha value is -3.28. The molecule has 2 aliphatic heterocycles. The molecule has 0 fully saturated rings. The van der Waals surface area contributed by atoms with Crippen molar-refractivity contribution in [2.45, 2.75) is 86.3 Å². The number of benzene rings is 3. The summed E-state index contributed by atoms with van der Waals surface area (Å²) in [6.07, 6.45) is -13.8. The third-order valence-corrected chi connectivity index (χ3v) is 10.6. The van der Waals surface area contributed by atoms with Gasteiger partial charge in [-0.2, -0.15) is 39.5 Å². The Bertz CT molecular complexity index is 1800. The number of amides is 1. The van der Waals surface area contributed by atoms with Gasteiger partial charge in [0.15, 0.2) is 0 Å². The molecule has 2 N–H and O–H groups in total. The van der Waals surface area contributed by atoms with Gasteiger partial charge in [-0.05, 0) is 92.2 Å². The van der Waals surface area contributed by atoms with Gasteiger partial charge in [-0.25, -0.2) is 13.1 Å². The second-order valence-electron chi connectivity index (χ2n) is 12.8. The van der Waals surface area contributed by atoms with Crippen LogP contribution in [0.1, 0.15) is 59.7 Å². The third kappa shape index (κ3) is 10.2. The Balaban J connectivity index is 0.000000232. The van der Waals surface area contributed by atoms with Crippen LogP contribution in [0.4, 0.5) is 39.5 Å². The highest BCUT2D eigenvalue weighted by molar-refractivity contribution is 7.98. The molecule has 5 rings (SSSR count).